The van der Waals surface area contributed by atoms with E-state index < -0.39 is 12.1 Å². The molecule has 0 heterocycles. The van der Waals surface area contributed by atoms with E-state index in [1.165, 1.54) is 0 Å². The molecule has 0 aliphatic rings. The van der Waals surface area contributed by atoms with Crippen LogP contribution in [-0.2, 0) is 11.2 Å². The average Bonchev–Trinajstić information content (AvgIpc) is 2.53. The lowest BCUT2D eigenvalue weighted by Gasteiger charge is -2.16. The van der Waals surface area contributed by atoms with Crippen LogP contribution in [0.25, 0.3) is 10.8 Å². The molecule has 0 saturated heterocycles. The molecule has 0 aromatic heterocycles. The fraction of sp³-hybridized carbons (Fsp3) is 0.190. The van der Waals surface area contributed by atoms with Crippen molar-refractivity contribution in [3.8, 4) is 5.75 Å². The molecule has 1 atom stereocenters. The normalized spacial score (nSPS) is 12.1. The van der Waals surface area contributed by atoms with E-state index in [2.05, 4.69) is 6.07 Å². The smallest absolute Gasteiger partial charge is 0.345 e. The highest BCUT2D eigenvalue weighted by molar-refractivity contribution is 5.84. The molecule has 3 nitrogen and oxygen atoms in total. The van der Waals surface area contributed by atoms with Crippen LogP contribution in [0.2, 0.25) is 0 Å². The summed E-state index contributed by atoms with van der Waals surface area (Å²) in [5, 5.41) is 11.7. The number of fused-ring (bicyclic) bond motifs is 1. The highest BCUT2D eigenvalue weighted by Crippen LogP contribution is 2.22. The third-order valence-corrected chi connectivity index (χ3v) is 3.98. The minimum atomic E-state index is -0.956. The Morgan fingerprint density at radius 3 is 2.29 bits per heavy atom. The van der Waals surface area contributed by atoms with Gasteiger partial charge in [-0.1, -0.05) is 59.7 Å². The molecule has 0 radical (unpaired) electrons. The maximum absolute atomic E-state index is 11.6. The Balaban J connectivity index is 1.83. The van der Waals surface area contributed by atoms with Crippen molar-refractivity contribution < 1.29 is 14.6 Å². The Morgan fingerprint density at radius 1 is 0.958 bits per heavy atom. The zero-order valence-electron chi connectivity index (χ0n) is 13.8. The summed E-state index contributed by atoms with van der Waals surface area (Å²) in [7, 11) is 0. The van der Waals surface area contributed by atoms with Gasteiger partial charge in [0.25, 0.3) is 0 Å². The molecule has 3 rings (SSSR count). The predicted molar refractivity (Wildman–Crippen MR) is 95.6 cm³/mol. The van der Waals surface area contributed by atoms with Gasteiger partial charge in [-0.15, -0.1) is 0 Å². The molecule has 122 valence electrons. The summed E-state index contributed by atoms with van der Waals surface area (Å²) in [5.74, 6) is -0.382. The first kappa shape index (κ1) is 16.1. The van der Waals surface area contributed by atoms with Crippen LogP contribution in [0.4, 0.5) is 0 Å². The third-order valence-electron chi connectivity index (χ3n) is 3.98. The molecule has 1 unspecified atom stereocenters. The Hall–Kier alpha value is -2.81. The van der Waals surface area contributed by atoms with Gasteiger partial charge in [0.1, 0.15) is 5.75 Å². The van der Waals surface area contributed by atoms with Gasteiger partial charge < -0.3 is 9.84 Å². The lowest BCUT2D eigenvalue weighted by molar-refractivity contribution is -0.145. The van der Waals surface area contributed by atoms with Crippen LogP contribution in [0.1, 0.15) is 16.7 Å². The highest BCUT2D eigenvalue weighted by Gasteiger charge is 2.20. The van der Waals surface area contributed by atoms with Crippen molar-refractivity contribution in [2.75, 3.05) is 0 Å². The first-order chi connectivity index (χ1) is 11.5. The van der Waals surface area contributed by atoms with Crippen LogP contribution >= 0.6 is 0 Å². The van der Waals surface area contributed by atoms with Crippen molar-refractivity contribution in [1.82, 2.24) is 0 Å². The topological polar surface area (TPSA) is 46.5 Å². The summed E-state index contributed by atoms with van der Waals surface area (Å²) < 4.78 is 5.77. The number of hydrogen-bond donors (Lipinski definition) is 1. The predicted octanol–water partition coefficient (Wildman–Crippen LogP) is 4.53. The minimum absolute atomic E-state index is 0.338. The summed E-state index contributed by atoms with van der Waals surface area (Å²) in [4.78, 5) is 11.6. The Morgan fingerprint density at radius 2 is 1.62 bits per heavy atom. The van der Waals surface area contributed by atoms with Crippen molar-refractivity contribution in [3.05, 3.63) is 77.4 Å². The number of aryl methyl sites for hydroxylation is 2. The molecule has 0 saturated carbocycles. The number of ether oxygens (including phenoxy) is 1. The molecule has 0 fully saturated rings. The van der Waals surface area contributed by atoms with Gasteiger partial charge in [-0.2, -0.15) is 0 Å². The fourth-order valence-electron chi connectivity index (χ4n) is 2.99. The second-order valence-electron chi connectivity index (χ2n) is 6.15. The quantitative estimate of drug-likeness (QED) is 0.751. The molecule has 0 aliphatic heterocycles. The van der Waals surface area contributed by atoms with Gasteiger partial charge in [-0.3, -0.25) is 0 Å². The second kappa shape index (κ2) is 6.75. The molecular weight excluding hydrogens is 300 g/mol. The largest absolute Gasteiger partial charge is 0.478 e. The number of benzene rings is 3. The molecule has 1 N–H and O–H groups in total. The molecular formula is C21H20O3. The molecule has 0 amide bonds. The number of carboxylic acids is 1. The van der Waals surface area contributed by atoms with Crippen LogP contribution in [0.5, 0.6) is 5.75 Å². The maximum atomic E-state index is 11.6. The van der Waals surface area contributed by atoms with Crippen molar-refractivity contribution >= 4 is 16.7 Å². The van der Waals surface area contributed by atoms with Crippen molar-refractivity contribution in [1.29, 1.82) is 0 Å². The number of aliphatic carboxylic acids is 1. The lowest BCUT2D eigenvalue weighted by atomic mass is 10.0. The van der Waals surface area contributed by atoms with Gasteiger partial charge in [0.05, 0.1) is 0 Å². The Kier molecular flexibility index (Phi) is 4.52. The zero-order valence-corrected chi connectivity index (χ0v) is 13.8. The molecule has 0 bridgehead atoms. The minimum Gasteiger partial charge on any atom is -0.478 e. The summed E-state index contributed by atoms with van der Waals surface area (Å²) in [5.41, 5.74) is 3.22. The van der Waals surface area contributed by atoms with Crippen LogP contribution in [0.3, 0.4) is 0 Å². The number of rotatable bonds is 5. The van der Waals surface area contributed by atoms with E-state index in [-0.39, 0.29) is 0 Å². The summed E-state index contributed by atoms with van der Waals surface area (Å²) in [6.45, 7) is 4.02. The molecule has 24 heavy (non-hydrogen) atoms. The number of carbonyl (C=O) groups is 1. The number of hydrogen-bond acceptors (Lipinski definition) is 2. The first-order valence-electron chi connectivity index (χ1n) is 7.97. The molecule has 0 aliphatic carbocycles. The molecule has 3 aromatic rings. The van der Waals surface area contributed by atoms with Gasteiger partial charge in [0.15, 0.2) is 6.10 Å². The third kappa shape index (κ3) is 3.74. The fourth-order valence-corrected chi connectivity index (χ4v) is 2.99. The summed E-state index contributed by atoms with van der Waals surface area (Å²) >= 11 is 0. The van der Waals surface area contributed by atoms with Crippen LogP contribution in [-0.4, -0.2) is 17.2 Å². The maximum Gasteiger partial charge on any atom is 0.345 e. The molecule has 0 spiro atoms. The monoisotopic (exact) mass is 320 g/mol. The van der Waals surface area contributed by atoms with E-state index in [9.17, 15) is 9.90 Å². The van der Waals surface area contributed by atoms with Gasteiger partial charge in [0, 0.05) is 6.42 Å². The molecule has 3 aromatic carbocycles. The number of carboxylic acid groups (broad SMARTS) is 1. The van der Waals surface area contributed by atoms with Crippen molar-refractivity contribution in [3.63, 3.8) is 0 Å². The first-order valence-corrected chi connectivity index (χ1v) is 7.97. The van der Waals surface area contributed by atoms with E-state index in [0.717, 1.165) is 27.5 Å². The van der Waals surface area contributed by atoms with Gasteiger partial charge in [0.2, 0.25) is 0 Å². The summed E-state index contributed by atoms with van der Waals surface area (Å²) in [6.07, 6.45) is -0.572. The SMILES string of the molecule is Cc1cc(C)cc(CC(Oc2ccc3ccccc3c2)C(=O)O)c1. The van der Waals surface area contributed by atoms with Gasteiger partial charge in [-0.05, 0) is 42.3 Å². The van der Waals surface area contributed by atoms with Crippen molar-refractivity contribution in [2.45, 2.75) is 26.4 Å². The van der Waals surface area contributed by atoms with Gasteiger partial charge in [-0.25, -0.2) is 4.79 Å². The van der Waals surface area contributed by atoms with E-state index in [1.54, 1.807) is 0 Å². The van der Waals surface area contributed by atoms with Crippen LogP contribution < -0.4 is 4.74 Å². The second-order valence-corrected chi connectivity index (χ2v) is 6.15. The van der Waals surface area contributed by atoms with E-state index in [1.807, 2.05) is 68.4 Å². The Bertz CT molecular complexity index is 863. The van der Waals surface area contributed by atoms with E-state index >= 15 is 0 Å². The zero-order chi connectivity index (χ0) is 17.1. The van der Waals surface area contributed by atoms with Crippen LogP contribution in [0, 0.1) is 13.8 Å². The summed E-state index contributed by atoms with van der Waals surface area (Å²) in [6, 6.07) is 19.7. The standard InChI is InChI=1S/C21H20O3/c1-14-9-15(2)11-16(10-14)12-20(21(22)23)24-19-8-7-17-5-3-4-6-18(17)13-19/h3-11,13,20H,12H2,1-2H3,(H,22,23). The Labute approximate surface area is 141 Å². The average molecular weight is 320 g/mol. The highest BCUT2D eigenvalue weighted by atomic mass is 16.5. The lowest BCUT2D eigenvalue weighted by Crippen LogP contribution is -2.29. The van der Waals surface area contributed by atoms with Crippen molar-refractivity contribution in [2.24, 2.45) is 0 Å². The van der Waals surface area contributed by atoms with Crippen LogP contribution in [0.15, 0.2) is 60.7 Å². The van der Waals surface area contributed by atoms with E-state index in [0.29, 0.717) is 12.2 Å². The van der Waals surface area contributed by atoms with Gasteiger partial charge >= 0.3 is 5.97 Å². The molecule has 3 heteroatoms. The van der Waals surface area contributed by atoms with E-state index in [4.69, 9.17) is 4.74 Å².